The van der Waals surface area contributed by atoms with Crippen molar-refractivity contribution in [1.82, 2.24) is 0 Å². The quantitative estimate of drug-likeness (QED) is 0.276. The van der Waals surface area contributed by atoms with Crippen molar-refractivity contribution in [3.8, 4) is 0 Å². The number of unbranched alkanes of at least 4 members (excludes halogenated alkanes) is 2. The second-order valence-corrected chi connectivity index (χ2v) is 9.77. The number of aromatic carboxylic acids is 1. The van der Waals surface area contributed by atoms with Crippen LogP contribution in [0.2, 0.25) is 0 Å². The standard InChI is InChI=1S/C13H20O2S.C8H18O.C5H4O2S/c1-3-5-7-11(4-2)10-15-13(14)12-8-6-9-16-12;1-3-5-6-8(4-2)7-9;6-5(7)4-2-1-3-8-4/h6,8-9,11H,3-5,7,10H2,1-2H3;8-9H,3-7H2,1-2H3;1-3H,(H,6,7). The molecule has 0 radical (unpaired) electrons. The highest BCUT2D eigenvalue weighted by atomic mass is 32.1. The predicted molar refractivity (Wildman–Crippen MR) is 140 cm³/mol. The first kappa shape index (κ1) is 31.3. The molecule has 0 bridgehead atoms. The van der Waals surface area contributed by atoms with Crippen LogP contribution in [0.1, 0.15) is 98.4 Å². The monoisotopic (exact) mass is 498 g/mol. The van der Waals surface area contributed by atoms with Gasteiger partial charge in [-0.1, -0.05) is 78.4 Å². The highest BCUT2D eigenvalue weighted by Gasteiger charge is 2.12. The number of carboxylic acid groups (broad SMARTS) is 1. The molecule has 0 aromatic carbocycles. The Morgan fingerprint density at radius 3 is 1.76 bits per heavy atom. The molecular formula is C26H42O5S2. The zero-order valence-electron chi connectivity index (χ0n) is 20.6. The summed E-state index contributed by atoms with van der Waals surface area (Å²) < 4.78 is 5.31. The molecule has 0 aliphatic rings. The van der Waals surface area contributed by atoms with Gasteiger partial charge in [-0.3, -0.25) is 0 Å². The van der Waals surface area contributed by atoms with Gasteiger partial charge in [0.15, 0.2) is 0 Å². The number of rotatable bonds is 13. The molecule has 2 aromatic heterocycles. The molecule has 0 aliphatic carbocycles. The van der Waals surface area contributed by atoms with Crippen molar-refractivity contribution < 1.29 is 24.5 Å². The molecule has 2 aromatic rings. The minimum absolute atomic E-state index is 0.176. The number of carboxylic acids is 1. The number of ether oxygens (including phenoxy) is 1. The lowest BCUT2D eigenvalue weighted by molar-refractivity contribution is 0.0433. The minimum Gasteiger partial charge on any atom is -0.477 e. The molecule has 0 fully saturated rings. The van der Waals surface area contributed by atoms with Gasteiger partial charge in [0.1, 0.15) is 9.75 Å². The largest absolute Gasteiger partial charge is 0.477 e. The summed E-state index contributed by atoms with van der Waals surface area (Å²) in [5.41, 5.74) is 0. The maximum atomic E-state index is 11.6. The van der Waals surface area contributed by atoms with E-state index < -0.39 is 5.97 Å². The highest BCUT2D eigenvalue weighted by molar-refractivity contribution is 7.12. The Balaban J connectivity index is 0.000000510. The van der Waals surface area contributed by atoms with Gasteiger partial charge in [0.25, 0.3) is 0 Å². The number of carbonyl (C=O) groups excluding carboxylic acids is 1. The first-order chi connectivity index (χ1) is 15.9. The van der Waals surface area contributed by atoms with E-state index in [1.54, 1.807) is 23.6 Å². The molecule has 0 aliphatic heterocycles. The van der Waals surface area contributed by atoms with E-state index in [2.05, 4.69) is 27.7 Å². The Morgan fingerprint density at radius 2 is 1.39 bits per heavy atom. The SMILES string of the molecule is CCCCC(CC)CO.CCCCC(CC)COC(=O)c1cccs1.O=C(O)c1cccs1. The van der Waals surface area contributed by atoms with E-state index in [0.717, 1.165) is 19.3 Å². The summed E-state index contributed by atoms with van der Waals surface area (Å²) in [5.74, 6) is 0.0544. The summed E-state index contributed by atoms with van der Waals surface area (Å²) in [5, 5.41) is 20.7. The van der Waals surface area contributed by atoms with Crippen molar-refractivity contribution in [3.63, 3.8) is 0 Å². The molecule has 188 valence electrons. The van der Waals surface area contributed by atoms with E-state index in [-0.39, 0.29) is 5.97 Å². The number of aliphatic hydroxyl groups is 1. The number of hydrogen-bond acceptors (Lipinski definition) is 6. The van der Waals surface area contributed by atoms with Crippen molar-refractivity contribution in [1.29, 1.82) is 0 Å². The molecule has 0 spiro atoms. The minimum atomic E-state index is -0.847. The summed E-state index contributed by atoms with van der Waals surface area (Å²) in [4.78, 5) is 22.8. The normalized spacial score (nSPS) is 11.9. The Labute approximate surface area is 207 Å². The third-order valence-corrected chi connectivity index (χ3v) is 6.96. The Hall–Kier alpha value is -1.70. The zero-order valence-corrected chi connectivity index (χ0v) is 22.3. The van der Waals surface area contributed by atoms with Crippen molar-refractivity contribution >= 4 is 34.6 Å². The molecule has 0 amide bonds. The van der Waals surface area contributed by atoms with Crippen LogP contribution in [0.3, 0.4) is 0 Å². The van der Waals surface area contributed by atoms with E-state index in [0.29, 0.717) is 34.8 Å². The molecule has 2 rings (SSSR count). The molecule has 0 saturated carbocycles. The Morgan fingerprint density at radius 1 is 0.879 bits per heavy atom. The van der Waals surface area contributed by atoms with Gasteiger partial charge in [0.2, 0.25) is 0 Å². The van der Waals surface area contributed by atoms with Gasteiger partial charge in [-0.25, -0.2) is 9.59 Å². The van der Waals surface area contributed by atoms with Crippen LogP contribution in [-0.2, 0) is 4.74 Å². The number of carbonyl (C=O) groups is 2. The maximum Gasteiger partial charge on any atom is 0.348 e. The van der Waals surface area contributed by atoms with Gasteiger partial charge < -0.3 is 14.9 Å². The van der Waals surface area contributed by atoms with Crippen molar-refractivity contribution in [2.45, 2.75) is 79.1 Å². The van der Waals surface area contributed by atoms with Crippen molar-refractivity contribution in [2.24, 2.45) is 11.8 Å². The second-order valence-electron chi connectivity index (χ2n) is 7.87. The van der Waals surface area contributed by atoms with Crippen LogP contribution >= 0.6 is 22.7 Å². The molecule has 2 N–H and O–H groups in total. The van der Waals surface area contributed by atoms with Crippen LogP contribution in [0.4, 0.5) is 0 Å². The highest BCUT2D eigenvalue weighted by Crippen LogP contribution is 2.15. The van der Waals surface area contributed by atoms with Gasteiger partial charge in [0.05, 0.1) is 6.61 Å². The van der Waals surface area contributed by atoms with Gasteiger partial charge in [-0.2, -0.15) is 0 Å². The fraction of sp³-hybridized carbons (Fsp3) is 0.615. The van der Waals surface area contributed by atoms with Crippen LogP contribution in [0.5, 0.6) is 0 Å². The topological polar surface area (TPSA) is 83.8 Å². The van der Waals surface area contributed by atoms with E-state index >= 15 is 0 Å². The summed E-state index contributed by atoms with van der Waals surface area (Å²) in [7, 11) is 0. The number of aliphatic hydroxyl groups excluding tert-OH is 1. The van der Waals surface area contributed by atoms with Gasteiger partial charge in [-0.05, 0) is 47.6 Å². The molecule has 2 heterocycles. The van der Waals surface area contributed by atoms with Gasteiger partial charge in [-0.15, -0.1) is 22.7 Å². The van der Waals surface area contributed by atoms with E-state index in [1.807, 2.05) is 11.4 Å². The van der Waals surface area contributed by atoms with Crippen molar-refractivity contribution in [2.75, 3.05) is 13.2 Å². The smallest absolute Gasteiger partial charge is 0.348 e. The van der Waals surface area contributed by atoms with Crippen LogP contribution in [0.15, 0.2) is 35.0 Å². The van der Waals surface area contributed by atoms with Crippen molar-refractivity contribution in [3.05, 3.63) is 44.8 Å². The first-order valence-electron chi connectivity index (χ1n) is 12.0. The van der Waals surface area contributed by atoms with Crippen LogP contribution < -0.4 is 0 Å². The molecule has 2 atom stereocenters. The number of thiophene rings is 2. The molecule has 7 heteroatoms. The van der Waals surface area contributed by atoms with E-state index in [1.165, 1.54) is 54.8 Å². The summed E-state index contributed by atoms with van der Waals surface area (Å²) in [6.45, 7) is 9.59. The molecule has 2 unspecified atom stereocenters. The zero-order chi connectivity index (χ0) is 24.9. The molecule has 5 nitrogen and oxygen atoms in total. The Kier molecular flexibility index (Phi) is 19.8. The van der Waals surface area contributed by atoms with Gasteiger partial charge >= 0.3 is 11.9 Å². The third-order valence-electron chi connectivity index (χ3n) is 5.25. The van der Waals surface area contributed by atoms with E-state index in [4.69, 9.17) is 14.9 Å². The summed E-state index contributed by atoms with van der Waals surface area (Å²) in [6, 6.07) is 6.97. The lowest BCUT2D eigenvalue weighted by Gasteiger charge is -2.13. The lowest BCUT2D eigenvalue weighted by Crippen LogP contribution is -2.13. The van der Waals surface area contributed by atoms with Crippen LogP contribution in [0, 0.1) is 11.8 Å². The summed E-state index contributed by atoms with van der Waals surface area (Å²) >= 11 is 2.67. The van der Waals surface area contributed by atoms with E-state index in [9.17, 15) is 9.59 Å². The first-order valence-corrected chi connectivity index (χ1v) is 13.8. The van der Waals surface area contributed by atoms with Gasteiger partial charge in [0, 0.05) is 6.61 Å². The maximum absolute atomic E-state index is 11.6. The molecule has 0 saturated heterocycles. The summed E-state index contributed by atoms with van der Waals surface area (Å²) in [6.07, 6.45) is 9.49. The predicted octanol–water partition coefficient (Wildman–Crippen LogP) is 7.76. The number of esters is 1. The fourth-order valence-corrected chi connectivity index (χ4v) is 4.05. The molecular weight excluding hydrogens is 456 g/mol. The Bertz CT molecular complexity index is 694. The van der Waals surface area contributed by atoms with Crippen LogP contribution in [0.25, 0.3) is 0 Å². The third kappa shape index (κ3) is 15.7. The second kappa shape index (κ2) is 20.9. The molecule has 33 heavy (non-hydrogen) atoms. The fourth-order valence-electron chi connectivity index (χ4n) is 2.88. The lowest BCUT2D eigenvalue weighted by atomic mass is 10.0. The average molecular weight is 499 g/mol. The van der Waals surface area contributed by atoms with Crippen LogP contribution in [-0.4, -0.2) is 35.4 Å². The number of hydrogen-bond donors (Lipinski definition) is 2. The average Bonchev–Trinajstić information content (AvgIpc) is 3.55.